The number of hydrogen-bond acceptors (Lipinski definition) is 3. The van der Waals surface area contributed by atoms with Crippen molar-refractivity contribution in [2.24, 2.45) is 0 Å². The van der Waals surface area contributed by atoms with E-state index in [-0.39, 0.29) is 36.8 Å². The summed E-state index contributed by atoms with van der Waals surface area (Å²) in [4.78, 5) is 14.2. The lowest BCUT2D eigenvalue weighted by molar-refractivity contribution is -0.122. The first-order chi connectivity index (χ1) is 8.77. The third-order valence-electron chi connectivity index (χ3n) is 4.34. The number of amides is 1. The van der Waals surface area contributed by atoms with E-state index in [0.717, 1.165) is 38.5 Å². The molecule has 0 aromatic carbocycles. The molecule has 2 fully saturated rings. The van der Waals surface area contributed by atoms with E-state index in [2.05, 4.69) is 22.6 Å². The highest BCUT2D eigenvalue weighted by atomic mass is 35.5. The van der Waals surface area contributed by atoms with Gasteiger partial charge in [-0.1, -0.05) is 19.3 Å². The second kappa shape index (κ2) is 10.7. The van der Waals surface area contributed by atoms with E-state index in [1.807, 2.05) is 0 Å². The van der Waals surface area contributed by atoms with E-state index in [1.165, 1.54) is 32.1 Å². The number of rotatable bonds is 5. The second-order valence-electron chi connectivity index (χ2n) is 5.71. The zero-order chi connectivity index (χ0) is 12.8. The molecule has 1 atom stereocenters. The molecule has 6 heteroatoms. The summed E-state index contributed by atoms with van der Waals surface area (Å²) in [6.07, 6.45) is 8.91. The Morgan fingerprint density at radius 1 is 1.15 bits per heavy atom. The van der Waals surface area contributed by atoms with Gasteiger partial charge in [-0.15, -0.1) is 24.8 Å². The summed E-state index contributed by atoms with van der Waals surface area (Å²) in [5.41, 5.74) is 0. The molecular weight excluding hydrogens is 297 g/mol. The number of halogens is 2. The number of nitrogens with zero attached hydrogens (tertiary/aromatic N) is 1. The average Bonchev–Trinajstić information content (AvgIpc) is 2.93. The second-order valence-corrected chi connectivity index (χ2v) is 5.71. The van der Waals surface area contributed by atoms with Gasteiger partial charge in [0.2, 0.25) is 5.91 Å². The van der Waals surface area contributed by atoms with E-state index in [1.54, 1.807) is 0 Å². The topological polar surface area (TPSA) is 44.4 Å². The van der Waals surface area contributed by atoms with Crippen molar-refractivity contribution in [2.75, 3.05) is 26.7 Å². The van der Waals surface area contributed by atoms with Crippen molar-refractivity contribution in [1.82, 2.24) is 15.5 Å². The average molecular weight is 326 g/mol. The fraction of sp³-hybridized carbons (Fsp3) is 0.929. The fourth-order valence-corrected chi connectivity index (χ4v) is 3.09. The van der Waals surface area contributed by atoms with E-state index in [0.29, 0.717) is 0 Å². The van der Waals surface area contributed by atoms with Crippen LogP contribution in [0.25, 0.3) is 0 Å². The van der Waals surface area contributed by atoms with Crippen molar-refractivity contribution in [3.63, 3.8) is 0 Å². The standard InChI is InChI=1S/C14H27N3O.2ClH/c1-17(12-6-3-2-4-7-12)11-10-16-14(18)13-8-5-9-15-13;;/h12-13,15H,2-11H2,1H3,(H,16,18);2*1H. The maximum absolute atomic E-state index is 11.8. The molecule has 20 heavy (non-hydrogen) atoms. The van der Waals surface area contributed by atoms with Crippen molar-refractivity contribution in [3.05, 3.63) is 0 Å². The molecule has 120 valence electrons. The molecule has 1 unspecified atom stereocenters. The van der Waals surface area contributed by atoms with Gasteiger partial charge in [0.05, 0.1) is 6.04 Å². The van der Waals surface area contributed by atoms with Gasteiger partial charge in [0.1, 0.15) is 0 Å². The van der Waals surface area contributed by atoms with Crippen LogP contribution in [0.5, 0.6) is 0 Å². The van der Waals surface area contributed by atoms with E-state index < -0.39 is 0 Å². The van der Waals surface area contributed by atoms with Crippen molar-refractivity contribution in [1.29, 1.82) is 0 Å². The highest BCUT2D eigenvalue weighted by Gasteiger charge is 2.22. The minimum Gasteiger partial charge on any atom is -0.353 e. The molecule has 2 rings (SSSR count). The van der Waals surface area contributed by atoms with Crippen LogP contribution in [0.15, 0.2) is 0 Å². The number of carbonyl (C=O) groups excluding carboxylic acids is 1. The highest BCUT2D eigenvalue weighted by Crippen LogP contribution is 2.21. The molecule has 0 radical (unpaired) electrons. The molecule has 1 aliphatic heterocycles. The molecule has 1 heterocycles. The van der Waals surface area contributed by atoms with Crippen LogP contribution in [0.1, 0.15) is 44.9 Å². The summed E-state index contributed by atoms with van der Waals surface area (Å²) in [7, 11) is 2.19. The predicted octanol–water partition coefficient (Wildman–Crippen LogP) is 1.96. The largest absolute Gasteiger partial charge is 0.353 e. The summed E-state index contributed by atoms with van der Waals surface area (Å²) in [6, 6.07) is 0.797. The highest BCUT2D eigenvalue weighted by molar-refractivity contribution is 5.85. The first-order valence-electron chi connectivity index (χ1n) is 7.48. The lowest BCUT2D eigenvalue weighted by Gasteiger charge is -2.31. The van der Waals surface area contributed by atoms with Crippen LogP contribution in [0.3, 0.4) is 0 Å². The van der Waals surface area contributed by atoms with E-state index in [4.69, 9.17) is 0 Å². The molecule has 0 aromatic heterocycles. The van der Waals surface area contributed by atoms with Crippen molar-refractivity contribution < 1.29 is 4.79 Å². The Morgan fingerprint density at radius 2 is 1.85 bits per heavy atom. The van der Waals surface area contributed by atoms with Gasteiger partial charge in [0.25, 0.3) is 0 Å². The van der Waals surface area contributed by atoms with Crippen LogP contribution in [0, 0.1) is 0 Å². The van der Waals surface area contributed by atoms with Crippen LogP contribution < -0.4 is 10.6 Å². The maximum Gasteiger partial charge on any atom is 0.237 e. The van der Waals surface area contributed by atoms with Gasteiger partial charge in [-0.05, 0) is 39.3 Å². The predicted molar refractivity (Wildman–Crippen MR) is 88.0 cm³/mol. The molecule has 2 aliphatic rings. The van der Waals surface area contributed by atoms with Gasteiger partial charge >= 0.3 is 0 Å². The van der Waals surface area contributed by atoms with Crippen LogP contribution >= 0.6 is 24.8 Å². The van der Waals surface area contributed by atoms with Gasteiger partial charge in [-0.3, -0.25) is 4.79 Å². The Bertz CT molecular complexity index is 267. The molecular formula is C14H29Cl2N3O. The number of nitrogens with one attached hydrogen (secondary N) is 2. The summed E-state index contributed by atoms with van der Waals surface area (Å²) in [6.45, 7) is 2.74. The Morgan fingerprint density at radius 3 is 2.45 bits per heavy atom. The van der Waals surface area contributed by atoms with Gasteiger partial charge in [-0.25, -0.2) is 0 Å². The zero-order valence-electron chi connectivity index (χ0n) is 12.4. The normalized spacial score (nSPS) is 23.0. The fourth-order valence-electron chi connectivity index (χ4n) is 3.09. The molecule has 0 aromatic rings. The summed E-state index contributed by atoms with van der Waals surface area (Å²) in [5.74, 6) is 0.185. The third kappa shape index (κ3) is 6.17. The van der Waals surface area contributed by atoms with E-state index >= 15 is 0 Å². The Kier molecular flexibility index (Phi) is 10.6. The number of hydrogen-bond donors (Lipinski definition) is 2. The molecule has 0 bridgehead atoms. The SMILES string of the molecule is CN(CCNC(=O)C1CCCN1)C1CCCCC1.Cl.Cl. The van der Waals surface area contributed by atoms with Gasteiger partial charge in [-0.2, -0.15) is 0 Å². The number of carbonyl (C=O) groups is 1. The molecule has 1 aliphatic carbocycles. The van der Waals surface area contributed by atoms with Gasteiger partial charge in [0.15, 0.2) is 0 Å². The lowest BCUT2D eigenvalue weighted by Crippen LogP contribution is -2.44. The summed E-state index contributed by atoms with van der Waals surface area (Å²) in [5, 5.41) is 6.28. The molecule has 1 saturated carbocycles. The van der Waals surface area contributed by atoms with Gasteiger partial charge in [0, 0.05) is 19.1 Å². The number of likely N-dealkylation sites (N-methyl/N-ethyl adjacent to an activating group) is 1. The molecule has 0 spiro atoms. The maximum atomic E-state index is 11.8. The quantitative estimate of drug-likeness (QED) is 0.812. The van der Waals surface area contributed by atoms with Crippen LogP contribution in [-0.4, -0.2) is 49.6 Å². The van der Waals surface area contributed by atoms with E-state index in [9.17, 15) is 4.79 Å². The molecule has 1 saturated heterocycles. The minimum absolute atomic E-state index is 0. The lowest BCUT2D eigenvalue weighted by atomic mass is 9.94. The van der Waals surface area contributed by atoms with Gasteiger partial charge < -0.3 is 15.5 Å². The first-order valence-corrected chi connectivity index (χ1v) is 7.48. The van der Waals surface area contributed by atoms with Crippen molar-refractivity contribution >= 4 is 30.7 Å². The molecule has 1 amide bonds. The summed E-state index contributed by atoms with van der Waals surface area (Å²) >= 11 is 0. The smallest absolute Gasteiger partial charge is 0.237 e. The summed E-state index contributed by atoms with van der Waals surface area (Å²) < 4.78 is 0. The zero-order valence-corrected chi connectivity index (χ0v) is 14.0. The Hall–Kier alpha value is -0.0300. The Balaban J connectivity index is 0.00000180. The molecule has 4 nitrogen and oxygen atoms in total. The third-order valence-corrected chi connectivity index (χ3v) is 4.34. The minimum atomic E-state index is 0. The molecule has 2 N–H and O–H groups in total. The monoisotopic (exact) mass is 325 g/mol. The van der Waals surface area contributed by atoms with Crippen molar-refractivity contribution in [2.45, 2.75) is 57.0 Å². The van der Waals surface area contributed by atoms with Crippen LogP contribution in [0.2, 0.25) is 0 Å². The Labute approximate surface area is 135 Å². The first kappa shape index (κ1) is 20.0. The van der Waals surface area contributed by atoms with Crippen molar-refractivity contribution in [3.8, 4) is 0 Å². The van der Waals surface area contributed by atoms with Crippen LogP contribution in [-0.2, 0) is 4.79 Å². The van der Waals surface area contributed by atoms with Crippen LogP contribution in [0.4, 0.5) is 0 Å².